The Balaban J connectivity index is 1.52. The van der Waals surface area contributed by atoms with E-state index in [1.54, 1.807) is 6.33 Å². The zero-order valence-corrected chi connectivity index (χ0v) is 12.3. The molecule has 1 aromatic rings. The minimum Gasteiger partial charge on any atom is -0.378 e. The van der Waals surface area contributed by atoms with Gasteiger partial charge >= 0.3 is 0 Å². The highest BCUT2D eigenvalue weighted by Crippen LogP contribution is 2.24. The van der Waals surface area contributed by atoms with E-state index in [1.807, 2.05) is 4.90 Å². The molecule has 1 aromatic heterocycles. The van der Waals surface area contributed by atoms with Crippen LogP contribution < -0.4 is 5.32 Å². The number of amides is 1. The lowest BCUT2D eigenvalue weighted by molar-refractivity contribution is -0.134. The molecule has 1 N–H and O–H groups in total. The van der Waals surface area contributed by atoms with Crippen molar-refractivity contribution in [1.82, 2.24) is 14.9 Å². The molecule has 2 aliphatic rings. The minimum absolute atomic E-state index is 0.189. The van der Waals surface area contributed by atoms with Crippen LogP contribution >= 0.6 is 0 Å². The van der Waals surface area contributed by atoms with Crippen LogP contribution in [0.1, 0.15) is 30.5 Å². The van der Waals surface area contributed by atoms with Crippen molar-refractivity contribution in [2.75, 3.05) is 38.2 Å². The third kappa shape index (κ3) is 3.50. The summed E-state index contributed by atoms with van der Waals surface area (Å²) in [5.41, 5.74) is 2.40. The maximum atomic E-state index is 12.1. The number of nitrogens with one attached hydrogen (secondary N) is 1. The first-order valence-corrected chi connectivity index (χ1v) is 7.77. The molecule has 114 valence electrons. The number of anilines is 1. The molecule has 0 saturated carbocycles. The van der Waals surface area contributed by atoms with E-state index in [4.69, 9.17) is 4.74 Å². The summed E-state index contributed by atoms with van der Waals surface area (Å²) < 4.78 is 5.26. The Bertz CT molecular complexity index is 500. The van der Waals surface area contributed by atoms with Crippen LogP contribution in [0.25, 0.3) is 0 Å². The number of fused-ring (bicyclic) bond motifs is 1. The Labute approximate surface area is 124 Å². The summed E-state index contributed by atoms with van der Waals surface area (Å²) in [5, 5.41) is 3.31. The Morgan fingerprint density at radius 2 is 2.05 bits per heavy atom. The predicted octanol–water partition coefficient (Wildman–Crippen LogP) is 1.02. The van der Waals surface area contributed by atoms with E-state index < -0.39 is 0 Å². The number of carbonyl (C=O) groups excluding carboxylic acids is 1. The summed E-state index contributed by atoms with van der Waals surface area (Å²) in [5.74, 6) is 1.10. The number of carbonyl (C=O) groups is 1. The number of rotatable bonds is 4. The van der Waals surface area contributed by atoms with E-state index in [-0.39, 0.29) is 5.91 Å². The Morgan fingerprint density at radius 1 is 1.24 bits per heavy atom. The lowest BCUT2D eigenvalue weighted by atomic mass is 9.96. The highest BCUT2D eigenvalue weighted by atomic mass is 16.5. The van der Waals surface area contributed by atoms with Gasteiger partial charge in [0.15, 0.2) is 0 Å². The second-order valence-electron chi connectivity index (χ2n) is 5.52. The first-order chi connectivity index (χ1) is 10.3. The van der Waals surface area contributed by atoms with Crippen LogP contribution in [0.4, 0.5) is 5.82 Å². The molecule has 1 aliphatic heterocycles. The summed E-state index contributed by atoms with van der Waals surface area (Å²) in [7, 11) is 0. The molecule has 1 amide bonds. The standard InChI is InChI=1S/C15H22N4O2/c20-14(19-7-9-21-10-8-19)5-6-16-15-12-3-1-2-4-13(12)17-11-18-15/h11H,1-10H2,(H,16,17,18). The molecular weight excluding hydrogens is 268 g/mol. The second kappa shape index (κ2) is 6.85. The summed E-state index contributed by atoms with van der Waals surface area (Å²) in [6.45, 7) is 3.35. The Kier molecular flexibility index (Phi) is 4.65. The van der Waals surface area contributed by atoms with E-state index in [9.17, 15) is 4.79 Å². The summed E-state index contributed by atoms with van der Waals surface area (Å²) in [4.78, 5) is 22.6. The zero-order chi connectivity index (χ0) is 14.5. The number of ether oxygens (including phenoxy) is 1. The normalized spacial score (nSPS) is 18.2. The van der Waals surface area contributed by atoms with Crippen molar-refractivity contribution in [3.8, 4) is 0 Å². The van der Waals surface area contributed by atoms with Crippen LogP contribution in [0.15, 0.2) is 6.33 Å². The van der Waals surface area contributed by atoms with Crippen molar-refractivity contribution in [3.63, 3.8) is 0 Å². The lowest BCUT2D eigenvalue weighted by Crippen LogP contribution is -2.41. The maximum Gasteiger partial charge on any atom is 0.224 e. The molecular formula is C15H22N4O2. The van der Waals surface area contributed by atoms with Crippen molar-refractivity contribution in [2.45, 2.75) is 32.1 Å². The lowest BCUT2D eigenvalue weighted by Gasteiger charge is -2.27. The van der Waals surface area contributed by atoms with Crippen molar-refractivity contribution in [1.29, 1.82) is 0 Å². The van der Waals surface area contributed by atoms with Gasteiger partial charge in [-0.3, -0.25) is 4.79 Å². The van der Waals surface area contributed by atoms with Gasteiger partial charge in [-0.2, -0.15) is 0 Å². The molecule has 1 fully saturated rings. The molecule has 1 saturated heterocycles. The van der Waals surface area contributed by atoms with Gasteiger partial charge in [0.05, 0.1) is 13.2 Å². The third-order valence-electron chi connectivity index (χ3n) is 4.12. The highest BCUT2D eigenvalue weighted by molar-refractivity contribution is 5.76. The van der Waals surface area contributed by atoms with E-state index in [0.29, 0.717) is 39.3 Å². The first kappa shape index (κ1) is 14.3. The van der Waals surface area contributed by atoms with Gasteiger partial charge in [0, 0.05) is 37.3 Å². The van der Waals surface area contributed by atoms with Crippen molar-refractivity contribution in [3.05, 3.63) is 17.6 Å². The molecule has 0 radical (unpaired) electrons. The molecule has 0 atom stereocenters. The largest absolute Gasteiger partial charge is 0.378 e. The number of morpholine rings is 1. The first-order valence-electron chi connectivity index (χ1n) is 7.77. The van der Waals surface area contributed by atoms with Crippen LogP contribution in [-0.4, -0.2) is 53.6 Å². The topological polar surface area (TPSA) is 67.4 Å². The van der Waals surface area contributed by atoms with Gasteiger partial charge < -0.3 is 15.0 Å². The molecule has 21 heavy (non-hydrogen) atoms. The quantitative estimate of drug-likeness (QED) is 0.896. The molecule has 2 heterocycles. The molecule has 0 unspecified atom stereocenters. The van der Waals surface area contributed by atoms with E-state index >= 15 is 0 Å². The van der Waals surface area contributed by atoms with Crippen LogP contribution in [0.2, 0.25) is 0 Å². The fourth-order valence-corrected chi connectivity index (χ4v) is 2.93. The van der Waals surface area contributed by atoms with Gasteiger partial charge in [0.2, 0.25) is 5.91 Å². The van der Waals surface area contributed by atoms with Gasteiger partial charge in [-0.1, -0.05) is 0 Å². The van der Waals surface area contributed by atoms with E-state index in [2.05, 4.69) is 15.3 Å². The number of nitrogens with zero attached hydrogens (tertiary/aromatic N) is 3. The maximum absolute atomic E-state index is 12.1. The fourth-order valence-electron chi connectivity index (χ4n) is 2.93. The number of aromatic nitrogens is 2. The molecule has 6 nitrogen and oxygen atoms in total. The smallest absolute Gasteiger partial charge is 0.224 e. The van der Waals surface area contributed by atoms with Crippen molar-refractivity contribution >= 4 is 11.7 Å². The van der Waals surface area contributed by atoms with Gasteiger partial charge in [-0.05, 0) is 25.7 Å². The molecule has 1 aliphatic carbocycles. The number of aryl methyl sites for hydroxylation is 1. The highest BCUT2D eigenvalue weighted by Gasteiger charge is 2.18. The van der Waals surface area contributed by atoms with Gasteiger partial charge in [0.1, 0.15) is 12.1 Å². The van der Waals surface area contributed by atoms with E-state index in [1.165, 1.54) is 24.1 Å². The van der Waals surface area contributed by atoms with Crippen LogP contribution in [-0.2, 0) is 22.4 Å². The Morgan fingerprint density at radius 3 is 2.90 bits per heavy atom. The summed E-state index contributed by atoms with van der Waals surface area (Å²) >= 11 is 0. The number of hydrogen-bond donors (Lipinski definition) is 1. The van der Waals surface area contributed by atoms with Crippen molar-refractivity contribution in [2.24, 2.45) is 0 Å². The fraction of sp³-hybridized carbons (Fsp3) is 0.667. The summed E-state index contributed by atoms with van der Waals surface area (Å²) in [6.07, 6.45) is 6.60. The van der Waals surface area contributed by atoms with Crippen LogP contribution in [0.5, 0.6) is 0 Å². The van der Waals surface area contributed by atoms with Gasteiger partial charge in [0.25, 0.3) is 0 Å². The predicted molar refractivity (Wildman–Crippen MR) is 79.2 cm³/mol. The minimum atomic E-state index is 0.189. The van der Waals surface area contributed by atoms with E-state index in [0.717, 1.165) is 18.7 Å². The van der Waals surface area contributed by atoms with Crippen molar-refractivity contribution < 1.29 is 9.53 Å². The molecule has 0 aromatic carbocycles. The number of hydrogen-bond acceptors (Lipinski definition) is 5. The summed E-state index contributed by atoms with van der Waals surface area (Å²) in [6, 6.07) is 0. The average molecular weight is 290 g/mol. The van der Waals surface area contributed by atoms with Gasteiger partial charge in [-0.15, -0.1) is 0 Å². The average Bonchev–Trinajstić information content (AvgIpc) is 2.56. The SMILES string of the molecule is O=C(CCNc1ncnc2c1CCCC2)N1CCOCC1. The molecule has 0 spiro atoms. The van der Waals surface area contributed by atoms with Crippen LogP contribution in [0.3, 0.4) is 0 Å². The third-order valence-corrected chi connectivity index (χ3v) is 4.12. The van der Waals surface area contributed by atoms with Crippen LogP contribution in [0, 0.1) is 0 Å². The monoisotopic (exact) mass is 290 g/mol. The van der Waals surface area contributed by atoms with Gasteiger partial charge in [-0.25, -0.2) is 9.97 Å². The second-order valence-corrected chi connectivity index (χ2v) is 5.52. The molecule has 3 rings (SSSR count). The zero-order valence-electron chi connectivity index (χ0n) is 12.3. The Hall–Kier alpha value is -1.69. The molecule has 0 bridgehead atoms. The molecule has 6 heteroatoms.